The van der Waals surface area contributed by atoms with Crippen molar-refractivity contribution in [3.8, 4) is 0 Å². The van der Waals surface area contributed by atoms with E-state index in [1.807, 2.05) is 0 Å². The zero-order valence-corrected chi connectivity index (χ0v) is 37.5. The number of carbonyl (C=O) groups excluding carboxylic acids is 2. The van der Waals surface area contributed by atoms with Crippen LogP contribution in [-0.2, 0) is 28.2 Å². The first kappa shape index (κ1) is 54.5. The molecule has 0 aliphatic heterocycles. The molecule has 0 spiro atoms. The molecule has 2 unspecified atom stereocenters. The van der Waals surface area contributed by atoms with Crippen molar-refractivity contribution in [1.82, 2.24) is 0 Å². The number of allylic oxidation sites excluding steroid dienone is 4. The molecule has 0 rings (SSSR count). The number of carbonyl (C=O) groups is 2. The van der Waals surface area contributed by atoms with Crippen LogP contribution in [0.25, 0.3) is 0 Å². The quantitative estimate of drug-likeness (QED) is 0.0154. The lowest BCUT2D eigenvalue weighted by Crippen LogP contribution is -2.51. The van der Waals surface area contributed by atoms with Crippen molar-refractivity contribution in [2.45, 2.75) is 219 Å². The Labute approximate surface area is 343 Å². The average molecular weight is 816 g/mol. The Morgan fingerprint density at radius 1 is 0.625 bits per heavy atom. The van der Waals surface area contributed by atoms with Crippen molar-refractivity contribution in [3.63, 3.8) is 0 Å². The van der Waals surface area contributed by atoms with Gasteiger partial charge in [0, 0.05) is 25.7 Å². The van der Waals surface area contributed by atoms with E-state index in [1.165, 1.54) is 89.9 Å². The average Bonchev–Trinajstić information content (AvgIpc) is 3.15. The number of aliphatic hydroxyl groups excluding tert-OH is 1. The van der Waals surface area contributed by atoms with Crippen LogP contribution in [0.5, 0.6) is 0 Å². The highest BCUT2D eigenvalue weighted by Crippen LogP contribution is 2.48. The summed E-state index contributed by atoms with van der Waals surface area (Å²) in [4.78, 5) is 38.8. The molecule has 0 aromatic rings. The number of nitrogens with zero attached hydrogens (tertiary/aromatic N) is 1. The normalized spacial score (nSPS) is 14.4. The Hall–Kier alpha value is -1.55. The fraction of sp³-hybridized carbons (Fsp3) is 0.867. The molecule has 0 amide bonds. The minimum atomic E-state index is -4.51. The van der Waals surface area contributed by atoms with Gasteiger partial charge in [-0.15, -0.1) is 0 Å². The SMILES string of the molecule is CCC/C=C\CCCC/C=C\CCCCC(=O)O[C@H](COC(=O)CCCCCCCCCCCCCCCCC)COP(=O)([O-])C(CC)[N+](C)(C)CCC(O)O. The van der Waals surface area contributed by atoms with Crippen LogP contribution in [0.2, 0.25) is 0 Å². The van der Waals surface area contributed by atoms with Gasteiger partial charge in [0.05, 0.1) is 27.2 Å². The number of unbranched alkanes of at least 4 members (excludes halogenated alkanes) is 20. The maximum Gasteiger partial charge on any atom is 0.306 e. The largest absolute Gasteiger partial charge is 0.774 e. The summed E-state index contributed by atoms with van der Waals surface area (Å²) in [7, 11) is -1.11. The third-order valence-corrected chi connectivity index (χ3v) is 12.7. The van der Waals surface area contributed by atoms with Crippen LogP contribution in [0.4, 0.5) is 0 Å². The molecule has 11 heteroatoms. The molecular weight excluding hydrogens is 729 g/mol. The van der Waals surface area contributed by atoms with Crippen LogP contribution in [0.3, 0.4) is 0 Å². The Bertz CT molecular complexity index is 1050. The van der Waals surface area contributed by atoms with Gasteiger partial charge in [0.25, 0.3) is 0 Å². The lowest BCUT2D eigenvalue weighted by atomic mass is 10.0. The number of ether oxygens (including phenoxy) is 2. The van der Waals surface area contributed by atoms with Crippen LogP contribution >= 0.6 is 7.60 Å². The predicted molar refractivity (Wildman–Crippen MR) is 228 cm³/mol. The van der Waals surface area contributed by atoms with Gasteiger partial charge in [-0.3, -0.25) is 9.59 Å². The maximum absolute atomic E-state index is 13.4. The van der Waals surface area contributed by atoms with Crippen molar-refractivity contribution in [3.05, 3.63) is 24.3 Å². The van der Waals surface area contributed by atoms with E-state index in [1.54, 1.807) is 21.0 Å². The molecule has 0 aliphatic rings. The first-order valence-corrected chi connectivity index (χ1v) is 24.3. The van der Waals surface area contributed by atoms with Gasteiger partial charge in [0.15, 0.2) is 25.8 Å². The van der Waals surface area contributed by atoms with Gasteiger partial charge >= 0.3 is 11.9 Å². The molecule has 0 saturated heterocycles. The zero-order chi connectivity index (χ0) is 41.8. The second-order valence-electron chi connectivity index (χ2n) is 16.3. The fourth-order valence-corrected chi connectivity index (χ4v) is 8.80. The summed E-state index contributed by atoms with van der Waals surface area (Å²) in [5, 5.41) is 18.7. The van der Waals surface area contributed by atoms with Crippen LogP contribution in [0.1, 0.15) is 201 Å². The van der Waals surface area contributed by atoms with Gasteiger partial charge in [-0.2, -0.15) is 0 Å². The van der Waals surface area contributed by atoms with Crippen LogP contribution in [-0.4, -0.2) is 78.7 Å². The minimum absolute atomic E-state index is 0.00580. The van der Waals surface area contributed by atoms with E-state index in [0.717, 1.165) is 51.4 Å². The summed E-state index contributed by atoms with van der Waals surface area (Å²) in [6, 6.07) is 0. The molecule has 3 atom stereocenters. The smallest absolute Gasteiger partial charge is 0.306 e. The number of hydrogen-bond donors (Lipinski definition) is 2. The van der Waals surface area contributed by atoms with Gasteiger partial charge in [-0.25, -0.2) is 0 Å². The molecular formula is C45H86NO9P. The molecule has 0 aliphatic carbocycles. The number of quaternary nitrogens is 1. The zero-order valence-electron chi connectivity index (χ0n) is 36.6. The predicted octanol–water partition coefficient (Wildman–Crippen LogP) is 10.8. The third kappa shape index (κ3) is 32.4. The summed E-state index contributed by atoms with van der Waals surface area (Å²) in [6.45, 7) is 5.62. The van der Waals surface area contributed by atoms with Gasteiger partial charge in [0.2, 0.25) is 0 Å². The Kier molecular flexibility index (Phi) is 35.5. The van der Waals surface area contributed by atoms with Crippen LogP contribution in [0.15, 0.2) is 24.3 Å². The van der Waals surface area contributed by atoms with Crippen molar-refractivity contribution in [2.75, 3.05) is 33.9 Å². The van der Waals surface area contributed by atoms with Gasteiger partial charge in [0.1, 0.15) is 6.61 Å². The Morgan fingerprint density at radius 3 is 1.55 bits per heavy atom. The highest BCUT2D eigenvalue weighted by atomic mass is 31.2. The number of hydrogen-bond acceptors (Lipinski definition) is 9. The molecule has 0 bridgehead atoms. The summed E-state index contributed by atoms with van der Waals surface area (Å²) in [6.07, 6.45) is 34.6. The molecule has 2 N–H and O–H groups in total. The van der Waals surface area contributed by atoms with E-state index in [-0.39, 0.29) is 43.3 Å². The fourth-order valence-electron chi connectivity index (χ4n) is 6.92. The molecule has 0 fully saturated rings. The second-order valence-corrected chi connectivity index (χ2v) is 18.2. The molecule has 0 radical (unpaired) electrons. The summed E-state index contributed by atoms with van der Waals surface area (Å²) in [5.74, 6) is -1.85. The molecule has 10 nitrogen and oxygen atoms in total. The molecule has 330 valence electrons. The molecule has 0 heterocycles. The van der Waals surface area contributed by atoms with E-state index in [4.69, 9.17) is 14.0 Å². The summed E-state index contributed by atoms with van der Waals surface area (Å²) in [5.41, 5.74) is 0. The monoisotopic (exact) mass is 816 g/mol. The molecule has 0 aromatic heterocycles. The van der Waals surface area contributed by atoms with Crippen molar-refractivity contribution >= 4 is 19.5 Å². The standard InChI is InChI=1S/C45H86NO9P/c1-6-9-11-13-15-17-19-21-22-24-25-27-29-31-33-35-44(49)53-39-41(40-54-56(51,52)42(8-3)46(4,5)38-37-43(47)48)55-45(50)36-34-32-30-28-26-23-20-18-16-14-12-10-7-2/h12,14,26,28,41-43,47-48H,6-11,13,15-25,27,29-40H2,1-5H3/b14-12-,28-26-/t41-,42?/m1/s1. The molecule has 0 saturated carbocycles. The van der Waals surface area contributed by atoms with Gasteiger partial charge in [-0.1, -0.05) is 141 Å². The summed E-state index contributed by atoms with van der Waals surface area (Å²) < 4.78 is 29.9. The Balaban J connectivity index is 4.76. The van der Waals surface area contributed by atoms with Crippen molar-refractivity contribution < 1.29 is 47.7 Å². The lowest BCUT2D eigenvalue weighted by molar-refractivity contribution is -0.904. The first-order chi connectivity index (χ1) is 26.9. The van der Waals surface area contributed by atoms with Crippen LogP contribution < -0.4 is 4.89 Å². The van der Waals surface area contributed by atoms with Gasteiger partial charge < -0.3 is 38.2 Å². The summed E-state index contributed by atoms with van der Waals surface area (Å²) >= 11 is 0. The number of esters is 2. The number of aliphatic hydroxyl groups is 2. The van der Waals surface area contributed by atoms with Crippen molar-refractivity contribution in [1.29, 1.82) is 0 Å². The topological polar surface area (TPSA) is 142 Å². The second kappa shape index (κ2) is 36.5. The maximum atomic E-state index is 13.4. The molecule has 56 heavy (non-hydrogen) atoms. The van der Waals surface area contributed by atoms with Gasteiger partial charge in [-0.05, 0) is 57.8 Å². The van der Waals surface area contributed by atoms with E-state index in [0.29, 0.717) is 12.8 Å². The number of rotatable bonds is 40. The molecule has 0 aromatic carbocycles. The third-order valence-electron chi connectivity index (χ3n) is 10.4. The first-order valence-electron chi connectivity index (χ1n) is 22.7. The lowest BCUT2D eigenvalue weighted by Gasteiger charge is -2.44. The highest BCUT2D eigenvalue weighted by molar-refractivity contribution is 7.51. The van der Waals surface area contributed by atoms with E-state index < -0.39 is 44.3 Å². The van der Waals surface area contributed by atoms with Crippen LogP contribution in [0, 0.1) is 0 Å². The minimum Gasteiger partial charge on any atom is -0.774 e. The Morgan fingerprint density at radius 2 is 1.07 bits per heavy atom. The van der Waals surface area contributed by atoms with Crippen molar-refractivity contribution in [2.24, 2.45) is 0 Å². The van der Waals surface area contributed by atoms with E-state index >= 15 is 0 Å². The highest BCUT2D eigenvalue weighted by Gasteiger charge is 2.37. The van der Waals surface area contributed by atoms with E-state index in [9.17, 15) is 29.3 Å². The van der Waals surface area contributed by atoms with E-state index in [2.05, 4.69) is 38.2 Å².